The number of para-hydroxylation sites is 1. The SMILES string of the molecule is c1ccc2c(-n3c4ccccc4c4cc(-c5ccc(N(c6ccc(-c7ccc8sc9ccccc9c8c7)cc6)c6ccc7c8ccccc8c8ccccc8c7c6)cc5)ccc43)cccc2c1. The highest BCUT2D eigenvalue weighted by atomic mass is 32.1. The Kier molecular flexibility index (Phi) is 8.49. The van der Waals surface area contributed by atoms with Crippen molar-refractivity contribution >= 4 is 113 Å². The van der Waals surface area contributed by atoms with Gasteiger partial charge in [-0.2, -0.15) is 0 Å². The van der Waals surface area contributed by atoms with Crippen LogP contribution in [0.15, 0.2) is 243 Å². The van der Waals surface area contributed by atoms with Crippen LogP contribution < -0.4 is 4.90 Å². The van der Waals surface area contributed by atoms with Gasteiger partial charge in [0.05, 0.1) is 16.7 Å². The van der Waals surface area contributed by atoms with Crippen molar-refractivity contribution in [2.45, 2.75) is 0 Å². The standard InChI is InChI=1S/C64H40N2S/c1-2-14-49-43(12-1)13-11-22-60(49)66-61-21-9-7-19-55(61)58-38-44(28-36-62(58)66)41-24-30-46(31-25-41)65(48-34-35-54-52-17-4-3-15-50(52)51-16-5-6-18-53(51)57(54)40-48)47-32-26-42(27-33-47)45-29-37-64-59(39-45)56-20-8-10-23-63(56)67-64/h1-40H. The molecule has 0 radical (unpaired) electrons. The monoisotopic (exact) mass is 868 g/mol. The molecular formula is C64H40N2S. The van der Waals surface area contributed by atoms with Gasteiger partial charge in [0.25, 0.3) is 0 Å². The van der Waals surface area contributed by atoms with Gasteiger partial charge in [0.15, 0.2) is 0 Å². The Hall–Kier alpha value is -8.50. The van der Waals surface area contributed by atoms with Crippen molar-refractivity contribution in [3.63, 3.8) is 0 Å². The molecule has 312 valence electrons. The largest absolute Gasteiger partial charge is 0.310 e. The van der Waals surface area contributed by atoms with E-state index in [4.69, 9.17) is 0 Å². The predicted molar refractivity (Wildman–Crippen MR) is 289 cm³/mol. The fourth-order valence-electron chi connectivity index (χ4n) is 10.8. The number of fused-ring (bicyclic) bond motifs is 13. The maximum atomic E-state index is 2.43. The van der Waals surface area contributed by atoms with E-state index in [1.807, 2.05) is 11.3 Å². The van der Waals surface area contributed by atoms with Crippen molar-refractivity contribution in [2.24, 2.45) is 0 Å². The number of thiophene rings is 1. The first-order valence-corrected chi connectivity index (χ1v) is 23.8. The molecule has 0 atom stereocenters. The Morgan fingerprint density at radius 2 is 0.746 bits per heavy atom. The highest BCUT2D eigenvalue weighted by Crippen LogP contribution is 2.43. The summed E-state index contributed by atoms with van der Waals surface area (Å²) in [5, 5.41) is 15.2. The molecule has 0 bridgehead atoms. The van der Waals surface area contributed by atoms with Gasteiger partial charge in [-0.05, 0) is 139 Å². The second-order valence-electron chi connectivity index (χ2n) is 17.6. The molecule has 14 aromatic rings. The molecule has 0 aliphatic carbocycles. The van der Waals surface area contributed by atoms with Gasteiger partial charge in [0.1, 0.15) is 0 Å². The van der Waals surface area contributed by atoms with Crippen LogP contribution in [-0.4, -0.2) is 4.57 Å². The molecule has 0 saturated heterocycles. The van der Waals surface area contributed by atoms with E-state index in [0.29, 0.717) is 0 Å². The number of aromatic nitrogens is 1. The highest BCUT2D eigenvalue weighted by molar-refractivity contribution is 7.25. The Morgan fingerprint density at radius 1 is 0.269 bits per heavy atom. The third kappa shape index (κ3) is 6.02. The first-order chi connectivity index (χ1) is 33.2. The molecule has 0 saturated carbocycles. The van der Waals surface area contributed by atoms with Gasteiger partial charge in [-0.3, -0.25) is 0 Å². The zero-order valence-corrected chi connectivity index (χ0v) is 37.2. The molecule has 12 aromatic carbocycles. The van der Waals surface area contributed by atoms with E-state index in [2.05, 4.69) is 252 Å². The summed E-state index contributed by atoms with van der Waals surface area (Å²) in [5.41, 5.74) is 11.7. The number of hydrogen-bond donors (Lipinski definition) is 0. The normalized spacial score (nSPS) is 11.9. The number of benzene rings is 12. The minimum atomic E-state index is 1.10. The number of rotatable bonds is 6. The summed E-state index contributed by atoms with van der Waals surface area (Å²) < 4.78 is 5.08. The van der Waals surface area contributed by atoms with E-state index in [1.54, 1.807) is 0 Å². The molecule has 0 N–H and O–H groups in total. The van der Waals surface area contributed by atoms with Gasteiger partial charge in [-0.15, -0.1) is 11.3 Å². The molecule has 0 aliphatic rings. The van der Waals surface area contributed by atoms with E-state index < -0.39 is 0 Å². The number of nitrogens with zero attached hydrogens (tertiary/aromatic N) is 2. The van der Waals surface area contributed by atoms with Crippen molar-refractivity contribution in [3.8, 4) is 27.9 Å². The minimum Gasteiger partial charge on any atom is -0.310 e. The van der Waals surface area contributed by atoms with Crippen LogP contribution in [0.3, 0.4) is 0 Å². The van der Waals surface area contributed by atoms with Gasteiger partial charge in [0, 0.05) is 53.4 Å². The molecule has 0 fully saturated rings. The molecule has 0 unspecified atom stereocenters. The van der Waals surface area contributed by atoms with Crippen LogP contribution in [0.4, 0.5) is 17.1 Å². The number of anilines is 3. The van der Waals surface area contributed by atoms with Crippen molar-refractivity contribution in [1.82, 2.24) is 4.57 Å². The summed E-state index contributed by atoms with van der Waals surface area (Å²) in [6.07, 6.45) is 0. The second-order valence-corrected chi connectivity index (χ2v) is 18.7. The van der Waals surface area contributed by atoms with Gasteiger partial charge in [-0.25, -0.2) is 0 Å². The van der Waals surface area contributed by atoms with Crippen LogP contribution in [0.1, 0.15) is 0 Å². The summed E-state index contributed by atoms with van der Waals surface area (Å²) in [5.74, 6) is 0. The summed E-state index contributed by atoms with van der Waals surface area (Å²) >= 11 is 1.86. The summed E-state index contributed by atoms with van der Waals surface area (Å²) in [4.78, 5) is 2.41. The Morgan fingerprint density at radius 3 is 1.45 bits per heavy atom. The lowest BCUT2D eigenvalue weighted by molar-refractivity contribution is 1.20. The molecule has 2 nitrogen and oxygen atoms in total. The third-order valence-electron chi connectivity index (χ3n) is 14.0. The van der Waals surface area contributed by atoms with Gasteiger partial charge < -0.3 is 9.47 Å². The van der Waals surface area contributed by atoms with Crippen LogP contribution in [0.2, 0.25) is 0 Å². The minimum absolute atomic E-state index is 1.10. The molecule has 0 amide bonds. The van der Waals surface area contributed by atoms with Gasteiger partial charge in [0.2, 0.25) is 0 Å². The van der Waals surface area contributed by atoms with Crippen LogP contribution in [0.25, 0.3) is 113 Å². The average molecular weight is 869 g/mol. The lowest BCUT2D eigenvalue weighted by Gasteiger charge is -2.27. The first-order valence-electron chi connectivity index (χ1n) is 23.0. The van der Waals surface area contributed by atoms with Gasteiger partial charge in [-0.1, -0.05) is 164 Å². The van der Waals surface area contributed by atoms with E-state index in [0.717, 1.165) is 17.1 Å². The van der Waals surface area contributed by atoms with Crippen molar-refractivity contribution in [1.29, 1.82) is 0 Å². The summed E-state index contributed by atoms with van der Waals surface area (Å²) in [6, 6.07) is 89.6. The zero-order chi connectivity index (χ0) is 44.0. The zero-order valence-electron chi connectivity index (χ0n) is 36.4. The van der Waals surface area contributed by atoms with Crippen LogP contribution >= 0.6 is 11.3 Å². The quantitative estimate of drug-likeness (QED) is 0.151. The van der Waals surface area contributed by atoms with E-state index in [9.17, 15) is 0 Å². The van der Waals surface area contributed by atoms with E-state index >= 15 is 0 Å². The number of hydrogen-bond acceptors (Lipinski definition) is 2. The molecule has 0 spiro atoms. The highest BCUT2D eigenvalue weighted by Gasteiger charge is 2.19. The van der Waals surface area contributed by atoms with Gasteiger partial charge >= 0.3 is 0 Å². The average Bonchev–Trinajstić information content (AvgIpc) is 3.94. The molecule has 0 aliphatic heterocycles. The van der Waals surface area contributed by atoms with Crippen molar-refractivity contribution in [2.75, 3.05) is 4.90 Å². The maximum absolute atomic E-state index is 2.43. The lowest BCUT2D eigenvalue weighted by Crippen LogP contribution is -2.10. The van der Waals surface area contributed by atoms with Crippen LogP contribution in [0.5, 0.6) is 0 Å². The lowest BCUT2D eigenvalue weighted by atomic mass is 9.94. The molecular weight excluding hydrogens is 829 g/mol. The second kappa shape index (κ2) is 15.0. The summed E-state index contributed by atoms with van der Waals surface area (Å²) in [7, 11) is 0. The fourth-order valence-corrected chi connectivity index (χ4v) is 11.9. The molecule has 67 heavy (non-hydrogen) atoms. The van der Waals surface area contributed by atoms with Crippen LogP contribution in [-0.2, 0) is 0 Å². The molecule has 3 heteroatoms. The predicted octanol–water partition coefficient (Wildman–Crippen LogP) is 18.6. The smallest absolute Gasteiger partial charge is 0.0541 e. The van der Waals surface area contributed by atoms with Crippen molar-refractivity contribution in [3.05, 3.63) is 243 Å². The molecule has 14 rings (SSSR count). The van der Waals surface area contributed by atoms with E-state index in [-0.39, 0.29) is 0 Å². The van der Waals surface area contributed by atoms with E-state index in [1.165, 1.54) is 113 Å². The van der Waals surface area contributed by atoms with Crippen LogP contribution in [0, 0.1) is 0 Å². The Balaban J connectivity index is 0.896. The Bertz CT molecular complexity index is 4230. The third-order valence-corrected chi connectivity index (χ3v) is 15.1. The molecule has 2 aromatic heterocycles. The summed E-state index contributed by atoms with van der Waals surface area (Å²) in [6.45, 7) is 0. The first kappa shape index (κ1) is 37.8. The topological polar surface area (TPSA) is 8.17 Å². The fraction of sp³-hybridized carbons (Fsp3) is 0. The maximum Gasteiger partial charge on any atom is 0.0541 e. The Labute approximate surface area is 391 Å². The van der Waals surface area contributed by atoms with Crippen molar-refractivity contribution < 1.29 is 0 Å². The molecule has 2 heterocycles.